The van der Waals surface area contributed by atoms with Crippen LogP contribution >= 0.6 is 11.6 Å². The molecule has 0 saturated carbocycles. The topological polar surface area (TPSA) is 12.5 Å². The van der Waals surface area contributed by atoms with Crippen LogP contribution < -0.4 is 0 Å². The van der Waals surface area contributed by atoms with Crippen molar-refractivity contribution < 1.29 is 17.9 Å². The fourth-order valence-corrected chi connectivity index (χ4v) is 2.43. The zero-order valence-corrected chi connectivity index (χ0v) is 10.6. The van der Waals surface area contributed by atoms with E-state index in [2.05, 4.69) is 9.64 Å². The molecule has 1 heterocycles. The summed E-state index contributed by atoms with van der Waals surface area (Å²) in [6, 6.07) is 0.286. The summed E-state index contributed by atoms with van der Waals surface area (Å²) < 4.78 is 40.2. The maximum atomic E-state index is 11.9. The fourth-order valence-electron chi connectivity index (χ4n) is 2.08. The molecule has 1 aliphatic heterocycles. The quantitative estimate of drug-likeness (QED) is 0.564. The molecule has 0 aromatic heterocycles. The van der Waals surface area contributed by atoms with E-state index in [-0.39, 0.29) is 12.6 Å². The Morgan fingerprint density at radius 3 is 2.65 bits per heavy atom. The Morgan fingerprint density at radius 2 is 2.00 bits per heavy atom. The second-order valence-corrected chi connectivity index (χ2v) is 4.67. The maximum Gasteiger partial charge on any atom is 0.411 e. The minimum Gasteiger partial charge on any atom is -0.371 e. The second-order valence-electron chi connectivity index (χ2n) is 4.36. The van der Waals surface area contributed by atoms with Crippen LogP contribution in [0.5, 0.6) is 0 Å². The van der Waals surface area contributed by atoms with Crippen molar-refractivity contribution in [2.75, 3.05) is 32.2 Å². The molecular formula is C11H19ClF3NO. The number of halogens is 4. The molecule has 6 heteroatoms. The Kier molecular flexibility index (Phi) is 6.59. The average molecular weight is 274 g/mol. The highest BCUT2D eigenvalue weighted by atomic mass is 35.5. The summed E-state index contributed by atoms with van der Waals surface area (Å²) in [6.07, 6.45) is 0.213. The van der Waals surface area contributed by atoms with Gasteiger partial charge in [-0.05, 0) is 19.4 Å². The highest BCUT2D eigenvalue weighted by Gasteiger charge is 2.27. The van der Waals surface area contributed by atoms with Gasteiger partial charge < -0.3 is 4.74 Å². The predicted octanol–water partition coefficient (Wildman–Crippen LogP) is 3.05. The van der Waals surface area contributed by atoms with Crippen LogP contribution in [0.4, 0.5) is 13.2 Å². The van der Waals surface area contributed by atoms with Crippen molar-refractivity contribution in [2.24, 2.45) is 0 Å². The molecule has 0 bridgehead atoms. The van der Waals surface area contributed by atoms with Crippen molar-refractivity contribution in [1.29, 1.82) is 0 Å². The molecule has 0 aliphatic carbocycles. The number of ether oxygens (including phenoxy) is 1. The van der Waals surface area contributed by atoms with E-state index in [1.54, 1.807) is 0 Å². The number of rotatable bonds is 5. The third-order valence-corrected chi connectivity index (χ3v) is 3.32. The Bertz CT molecular complexity index is 213. The molecule has 1 rings (SSSR count). The van der Waals surface area contributed by atoms with E-state index in [0.717, 1.165) is 25.8 Å². The summed E-state index contributed by atoms with van der Waals surface area (Å²) in [6.45, 7) is 0.402. The summed E-state index contributed by atoms with van der Waals surface area (Å²) in [5, 5.41) is 0. The van der Waals surface area contributed by atoms with Crippen molar-refractivity contribution in [3.63, 3.8) is 0 Å². The second kappa shape index (κ2) is 7.44. The van der Waals surface area contributed by atoms with Crippen LogP contribution in [0, 0.1) is 0 Å². The van der Waals surface area contributed by atoms with E-state index in [1.807, 2.05) is 0 Å². The predicted molar refractivity (Wildman–Crippen MR) is 61.4 cm³/mol. The molecule has 0 aromatic carbocycles. The Labute approximate surface area is 105 Å². The van der Waals surface area contributed by atoms with Gasteiger partial charge in [0.1, 0.15) is 6.61 Å². The van der Waals surface area contributed by atoms with Crippen molar-refractivity contribution >= 4 is 11.6 Å². The van der Waals surface area contributed by atoms with Crippen LogP contribution in [0.1, 0.15) is 25.7 Å². The third-order valence-electron chi connectivity index (χ3n) is 2.97. The number of hydrogen-bond acceptors (Lipinski definition) is 2. The minimum atomic E-state index is -4.23. The van der Waals surface area contributed by atoms with Gasteiger partial charge in [-0.3, -0.25) is 4.90 Å². The fraction of sp³-hybridized carbons (Fsp3) is 1.00. The van der Waals surface area contributed by atoms with Gasteiger partial charge in [0.25, 0.3) is 0 Å². The molecular weight excluding hydrogens is 255 g/mol. The maximum absolute atomic E-state index is 11.9. The van der Waals surface area contributed by atoms with Gasteiger partial charge in [0, 0.05) is 18.5 Å². The molecule has 1 unspecified atom stereocenters. The van der Waals surface area contributed by atoms with Crippen molar-refractivity contribution in [2.45, 2.75) is 37.9 Å². The van der Waals surface area contributed by atoms with Gasteiger partial charge in [-0.2, -0.15) is 13.2 Å². The third kappa shape index (κ3) is 6.48. The molecule has 1 saturated heterocycles. The Morgan fingerprint density at radius 1 is 1.24 bits per heavy atom. The van der Waals surface area contributed by atoms with E-state index in [4.69, 9.17) is 11.6 Å². The normalized spacial score (nSPS) is 23.6. The average Bonchev–Trinajstić information content (AvgIpc) is 2.47. The first-order valence-electron chi connectivity index (χ1n) is 5.97. The lowest BCUT2D eigenvalue weighted by molar-refractivity contribution is -0.174. The number of hydrogen-bond donors (Lipinski definition) is 0. The van der Waals surface area contributed by atoms with Gasteiger partial charge in [0.15, 0.2) is 0 Å². The van der Waals surface area contributed by atoms with E-state index in [1.165, 1.54) is 6.42 Å². The van der Waals surface area contributed by atoms with Gasteiger partial charge in [0.2, 0.25) is 0 Å². The lowest BCUT2D eigenvalue weighted by Crippen LogP contribution is -2.38. The summed E-state index contributed by atoms with van der Waals surface area (Å²) in [5.74, 6) is 0.541. The Hall–Kier alpha value is 0. The zero-order valence-electron chi connectivity index (χ0n) is 9.81. The van der Waals surface area contributed by atoms with Crippen LogP contribution in [0.15, 0.2) is 0 Å². The molecule has 0 amide bonds. The van der Waals surface area contributed by atoms with Crippen molar-refractivity contribution in [3.05, 3.63) is 0 Å². The molecule has 17 heavy (non-hydrogen) atoms. The van der Waals surface area contributed by atoms with Gasteiger partial charge in [0.05, 0.1) is 6.61 Å². The lowest BCUT2D eigenvalue weighted by atomic mass is 10.1. The van der Waals surface area contributed by atoms with Crippen LogP contribution in [-0.4, -0.2) is 49.3 Å². The number of alkyl halides is 4. The molecule has 0 N–H and O–H groups in total. The van der Waals surface area contributed by atoms with Gasteiger partial charge >= 0.3 is 6.18 Å². The molecule has 1 aliphatic rings. The van der Waals surface area contributed by atoms with E-state index < -0.39 is 12.8 Å². The molecule has 1 atom stereocenters. The molecule has 2 nitrogen and oxygen atoms in total. The minimum absolute atomic E-state index is 0.118. The standard InChI is InChI=1S/C11H19ClF3NO/c12-8-10-4-2-1-3-5-16(10)6-7-17-9-11(13,14)15/h10H,1-9H2. The molecule has 0 radical (unpaired) electrons. The van der Waals surface area contributed by atoms with Crippen molar-refractivity contribution in [3.8, 4) is 0 Å². The number of nitrogens with zero attached hydrogens (tertiary/aromatic N) is 1. The van der Waals surface area contributed by atoms with E-state index in [0.29, 0.717) is 12.4 Å². The van der Waals surface area contributed by atoms with Crippen molar-refractivity contribution in [1.82, 2.24) is 4.90 Å². The summed E-state index contributed by atoms with van der Waals surface area (Å²) in [5.41, 5.74) is 0. The van der Waals surface area contributed by atoms with Crippen LogP contribution in [-0.2, 0) is 4.74 Å². The molecule has 102 valence electrons. The number of likely N-dealkylation sites (tertiary alicyclic amines) is 1. The monoisotopic (exact) mass is 273 g/mol. The molecule has 0 spiro atoms. The van der Waals surface area contributed by atoms with Crippen LogP contribution in [0.25, 0.3) is 0 Å². The van der Waals surface area contributed by atoms with Gasteiger partial charge in [-0.25, -0.2) is 0 Å². The van der Waals surface area contributed by atoms with Gasteiger partial charge in [-0.15, -0.1) is 11.6 Å². The lowest BCUT2D eigenvalue weighted by Gasteiger charge is -2.28. The van der Waals surface area contributed by atoms with E-state index in [9.17, 15) is 13.2 Å². The largest absolute Gasteiger partial charge is 0.411 e. The summed E-state index contributed by atoms with van der Waals surface area (Å²) >= 11 is 5.87. The zero-order chi connectivity index (χ0) is 12.7. The SMILES string of the molecule is FC(F)(F)COCCN1CCCCCC1CCl. The highest BCUT2D eigenvalue weighted by molar-refractivity contribution is 6.18. The molecule has 0 aromatic rings. The first-order chi connectivity index (χ1) is 8.03. The van der Waals surface area contributed by atoms with Crippen LogP contribution in [0.2, 0.25) is 0 Å². The summed E-state index contributed by atoms with van der Waals surface area (Å²) in [4.78, 5) is 2.15. The van der Waals surface area contributed by atoms with Gasteiger partial charge in [-0.1, -0.05) is 12.8 Å². The Balaban J connectivity index is 2.23. The van der Waals surface area contributed by atoms with Crippen LogP contribution in [0.3, 0.4) is 0 Å². The van der Waals surface area contributed by atoms with E-state index >= 15 is 0 Å². The first-order valence-corrected chi connectivity index (χ1v) is 6.51. The summed E-state index contributed by atoms with van der Waals surface area (Å²) in [7, 11) is 0. The smallest absolute Gasteiger partial charge is 0.371 e. The first kappa shape index (κ1) is 15.1. The molecule has 1 fully saturated rings. The highest BCUT2D eigenvalue weighted by Crippen LogP contribution is 2.18.